The molecule has 0 aromatic heterocycles. The highest BCUT2D eigenvalue weighted by Gasteiger charge is 2.31. The van der Waals surface area contributed by atoms with Gasteiger partial charge in [-0.25, -0.2) is 12.8 Å². The fraction of sp³-hybridized carbons (Fsp3) is 0.500. The highest BCUT2D eigenvalue weighted by molar-refractivity contribution is 7.89. The molecule has 4 nitrogen and oxygen atoms in total. The maximum atomic E-state index is 12.8. The zero-order chi connectivity index (χ0) is 13.3. The molecule has 1 aliphatic rings. The minimum Gasteiger partial charge on any atom is -0.326 e. The van der Waals surface area contributed by atoms with E-state index in [-0.39, 0.29) is 16.9 Å². The molecule has 2 rings (SSSR count). The van der Waals surface area contributed by atoms with Crippen molar-refractivity contribution in [1.29, 1.82) is 0 Å². The van der Waals surface area contributed by atoms with Crippen LogP contribution < -0.4 is 5.73 Å². The van der Waals surface area contributed by atoms with Gasteiger partial charge in [0.15, 0.2) is 0 Å². The summed E-state index contributed by atoms with van der Waals surface area (Å²) in [6.45, 7) is 2.77. The van der Waals surface area contributed by atoms with Crippen molar-refractivity contribution in [2.75, 3.05) is 13.1 Å². The van der Waals surface area contributed by atoms with E-state index in [1.165, 1.54) is 16.4 Å². The van der Waals surface area contributed by atoms with Crippen molar-refractivity contribution in [1.82, 2.24) is 4.31 Å². The molecule has 0 saturated carbocycles. The summed E-state index contributed by atoms with van der Waals surface area (Å²) in [5, 5.41) is 0. The molecule has 1 aromatic carbocycles. The highest BCUT2D eigenvalue weighted by atomic mass is 32.2. The lowest BCUT2D eigenvalue weighted by atomic mass is 9.99. The Hall–Kier alpha value is -0.980. The van der Waals surface area contributed by atoms with Gasteiger partial charge in [-0.05, 0) is 36.6 Å². The standard InChI is InChI=1S/C12H17FN2O2S/c1-9-6-11(14)8-15(7-9)18(16,17)12-4-2-10(13)3-5-12/h2-5,9,11H,6-8,14H2,1H3. The number of sulfonamides is 1. The van der Waals surface area contributed by atoms with Crippen LogP contribution in [0, 0.1) is 11.7 Å². The molecule has 1 saturated heterocycles. The van der Waals surface area contributed by atoms with E-state index in [4.69, 9.17) is 5.73 Å². The van der Waals surface area contributed by atoms with E-state index < -0.39 is 15.8 Å². The van der Waals surface area contributed by atoms with Crippen LogP contribution in [0.4, 0.5) is 4.39 Å². The fourth-order valence-electron chi connectivity index (χ4n) is 2.30. The van der Waals surface area contributed by atoms with Crippen molar-refractivity contribution in [2.24, 2.45) is 11.7 Å². The van der Waals surface area contributed by atoms with Gasteiger partial charge in [0, 0.05) is 19.1 Å². The second-order valence-corrected chi connectivity index (χ2v) is 6.81. The summed E-state index contributed by atoms with van der Waals surface area (Å²) in [4.78, 5) is 0.116. The Kier molecular flexibility index (Phi) is 3.70. The summed E-state index contributed by atoms with van der Waals surface area (Å²) < 4.78 is 38.9. The molecule has 0 aliphatic carbocycles. The number of hydrogen-bond acceptors (Lipinski definition) is 3. The first-order valence-corrected chi connectivity index (χ1v) is 7.35. The van der Waals surface area contributed by atoms with E-state index in [9.17, 15) is 12.8 Å². The first-order valence-electron chi connectivity index (χ1n) is 5.91. The summed E-state index contributed by atoms with van der Waals surface area (Å²) in [6.07, 6.45) is 0.829. The molecule has 2 N–H and O–H groups in total. The van der Waals surface area contributed by atoms with Gasteiger partial charge in [-0.2, -0.15) is 4.31 Å². The Balaban J connectivity index is 2.28. The van der Waals surface area contributed by atoms with Crippen molar-refractivity contribution in [3.05, 3.63) is 30.1 Å². The van der Waals surface area contributed by atoms with Crippen molar-refractivity contribution in [2.45, 2.75) is 24.3 Å². The zero-order valence-corrected chi connectivity index (χ0v) is 11.0. The van der Waals surface area contributed by atoms with Crippen LogP contribution in [0.15, 0.2) is 29.2 Å². The molecule has 6 heteroatoms. The largest absolute Gasteiger partial charge is 0.326 e. The monoisotopic (exact) mass is 272 g/mol. The molecule has 2 atom stereocenters. The average molecular weight is 272 g/mol. The molecule has 1 aromatic rings. The van der Waals surface area contributed by atoms with E-state index in [0.29, 0.717) is 13.1 Å². The summed E-state index contributed by atoms with van der Waals surface area (Å²) in [7, 11) is -3.56. The van der Waals surface area contributed by atoms with Crippen LogP contribution in [0.1, 0.15) is 13.3 Å². The maximum Gasteiger partial charge on any atom is 0.243 e. The van der Waals surface area contributed by atoms with Crippen LogP contribution in [0.2, 0.25) is 0 Å². The summed E-state index contributed by atoms with van der Waals surface area (Å²) >= 11 is 0. The number of nitrogens with zero attached hydrogens (tertiary/aromatic N) is 1. The van der Waals surface area contributed by atoms with E-state index >= 15 is 0 Å². The van der Waals surface area contributed by atoms with E-state index in [0.717, 1.165) is 18.6 Å². The summed E-state index contributed by atoms with van der Waals surface area (Å²) in [5.41, 5.74) is 5.85. The first-order chi connectivity index (χ1) is 8.39. The van der Waals surface area contributed by atoms with Gasteiger partial charge in [0.05, 0.1) is 4.90 Å². The Bertz CT molecular complexity index is 505. The zero-order valence-electron chi connectivity index (χ0n) is 10.2. The van der Waals surface area contributed by atoms with Crippen LogP contribution in [-0.2, 0) is 10.0 Å². The molecule has 1 aliphatic heterocycles. The molecule has 2 unspecified atom stereocenters. The van der Waals surface area contributed by atoms with Crippen molar-refractivity contribution in [3.63, 3.8) is 0 Å². The van der Waals surface area contributed by atoms with Crippen LogP contribution in [0.5, 0.6) is 0 Å². The van der Waals surface area contributed by atoms with Crippen LogP contribution in [-0.4, -0.2) is 31.9 Å². The number of rotatable bonds is 2. The SMILES string of the molecule is CC1CC(N)CN(S(=O)(=O)c2ccc(F)cc2)C1. The van der Waals surface area contributed by atoms with Gasteiger partial charge in [0.25, 0.3) is 0 Å². The summed E-state index contributed by atoms with van der Waals surface area (Å²) in [5.74, 6) is -0.207. The van der Waals surface area contributed by atoms with Gasteiger partial charge >= 0.3 is 0 Å². The van der Waals surface area contributed by atoms with E-state index in [2.05, 4.69) is 0 Å². The van der Waals surface area contributed by atoms with Crippen LogP contribution >= 0.6 is 0 Å². The number of benzene rings is 1. The highest BCUT2D eigenvalue weighted by Crippen LogP contribution is 2.23. The third-order valence-electron chi connectivity index (χ3n) is 3.11. The normalized spacial score (nSPS) is 26.2. The molecule has 100 valence electrons. The average Bonchev–Trinajstić information content (AvgIpc) is 2.28. The summed E-state index contributed by atoms with van der Waals surface area (Å²) in [6, 6.07) is 4.75. The van der Waals surface area contributed by atoms with Crippen molar-refractivity contribution in [3.8, 4) is 0 Å². The predicted molar refractivity (Wildman–Crippen MR) is 66.9 cm³/mol. The first kappa shape index (κ1) is 13.5. The number of nitrogens with two attached hydrogens (primary N) is 1. The molecule has 18 heavy (non-hydrogen) atoms. The van der Waals surface area contributed by atoms with Gasteiger partial charge in [0.1, 0.15) is 5.82 Å². The van der Waals surface area contributed by atoms with Gasteiger partial charge in [-0.1, -0.05) is 6.92 Å². The quantitative estimate of drug-likeness (QED) is 0.879. The second-order valence-electron chi connectivity index (χ2n) is 4.88. The van der Waals surface area contributed by atoms with Crippen LogP contribution in [0.25, 0.3) is 0 Å². The lowest BCUT2D eigenvalue weighted by Crippen LogP contribution is -2.48. The van der Waals surface area contributed by atoms with Crippen molar-refractivity contribution < 1.29 is 12.8 Å². The third kappa shape index (κ3) is 2.71. The van der Waals surface area contributed by atoms with Gasteiger partial charge in [-0.3, -0.25) is 0 Å². The lowest BCUT2D eigenvalue weighted by molar-refractivity contribution is 0.254. The molecule has 1 heterocycles. The molecule has 0 amide bonds. The Morgan fingerprint density at radius 2 is 1.89 bits per heavy atom. The van der Waals surface area contributed by atoms with Gasteiger partial charge < -0.3 is 5.73 Å². The van der Waals surface area contributed by atoms with Crippen LogP contribution in [0.3, 0.4) is 0 Å². The smallest absolute Gasteiger partial charge is 0.243 e. The van der Waals surface area contributed by atoms with Gasteiger partial charge in [-0.15, -0.1) is 0 Å². The Morgan fingerprint density at radius 3 is 2.44 bits per heavy atom. The minimum absolute atomic E-state index is 0.116. The second kappa shape index (κ2) is 4.95. The number of piperidine rings is 1. The Labute approximate surface area is 107 Å². The topological polar surface area (TPSA) is 63.4 Å². The molecule has 1 fully saturated rings. The Morgan fingerprint density at radius 1 is 1.28 bits per heavy atom. The van der Waals surface area contributed by atoms with E-state index in [1.807, 2.05) is 6.92 Å². The predicted octanol–water partition coefficient (Wildman–Crippen LogP) is 1.18. The molecular formula is C12H17FN2O2S. The molecule has 0 spiro atoms. The number of halogens is 1. The maximum absolute atomic E-state index is 12.8. The lowest BCUT2D eigenvalue weighted by Gasteiger charge is -2.33. The van der Waals surface area contributed by atoms with Crippen molar-refractivity contribution >= 4 is 10.0 Å². The minimum atomic E-state index is -3.56. The molecular weight excluding hydrogens is 255 g/mol. The molecule has 0 radical (unpaired) electrons. The van der Waals surface area contributed by atoms with Gasteiger partial charge in [0.2, 0.25) is 10.0 Å². The van der Waals surface area contributed by atoms with E-state index in [1.54, 1.807) is 0 Å². The number of hydrogen-bond donors (Lipinski definition) is 1. The fourth-order valence-corrected chi connectivity index (χ4v) is 3.92. The molecule has 0 bridgehead atoms. The third-order valence-corrected chi connectivity index (χ3v) is 4.96.